The summed E-state index contributed by atoms with van der Waals surface area (Å²) in [6, 6.07) is 5.38. The first-order chi connectivity index (χ1) is 12.1. The van der Waals surface area contributed by atoms with Gasteiger partial charge in [0.1, 0.15) is 13.2 Å². The standard InChI is InChI=1S/C18H22N2O5/c1-2-17(22)20(4-3-5-21)11-13-8-12-9-15-16(25-7-6-24-15)10-14(12)19-18(13)23/h8-10,21H,2-7,11H2,1H3,(H,19,23). The van der Waals surface area contributed by atoms with Crippen molar-refractivity contribution in [1.82, 2.24) is 9.88 Å². The van der Waals surface area contributed by atoms with Gasteiger partial charge in [-0.3, -0.25) is 9.59 Å². The van der Waals surface area contributed by atoms with Crippen LogP contribution in [0.2, 0.25) is 0 Å². The van der Waals surface area contributed by atoms with Gasteiger partial charge in [-0.1, -0.05) is 6.92 Å². The number of nitrogens with one attached hydrogen (secondary N) is 1. The Morgan fingerprint density at radius 3 is 2.64 bits per heavy atom. The number of carbonyl (C=O) groups excluding carboxylic acids is 1. The number of aromatic amines is 1. The summed E-state index contributed by atoms with van der Waals surface area (Å²) in [6.07, 6.45) is 0.839. The fourth-order valence-corrected chi connectivity index (χ4v) is 2.89. The molecule has 2 N–H and O–H groups in total. The van der Waals surface area contributed by atoms with Crippen molar-refractivity contribution in [2.75, 3.05) is 26.4 Å². The van der Waals surface area contributed by atoms with Crippen LogP contribution < -0.4 is 15.0 Å². The van der Waals surface area contributed by atoms with Crippen molar-refractivity contribution >= 4 is 16.8 Å². The van der Waals surface area contributed by atoms with Crippen molar-refractivity contribution in [3.05, 3.63) is 34.1 Å². The van der Waals surface area contributed by atoms with E-state index in [1.165, 1.54) is 0 Å². The molecular weight excluding hydrogens is 324 g/mol. The molecule has 1 aromatic carbocycles. The summed E-state index contributed by atoms with van der Waals surface area (Å²) in [4.78, 5) is 28.9. The van der Waals surface area contributed by atoms with Gasteiger partial charge in [-0.25, -0.2) is 0 Å². The number of aliphatic hydroxyl groups excluding tert-OH is 1. The predicted octanol–water partition coefficient (Wildman–Crippen LogP) is 1.42. The molecule has 0 fully saturated rings. The third-order valence-electron chi connectivity index (χ3n) is 4.19. The number of amides is 1. The highest BCUT2D eigenvalue weighted by Crippen LogP contribution is 2.33. The molecule has 0 saturated carbocycles. The smallest absolute Gasteiger partial charge is 0.253 e. The molecule has 0 atom stereocenters. The third kappa shape index (κ3) is 3.76. The largest absolute Gasteiger partial charge is 0.486 e. The molecule has 7 heteroatoms. The highest BCUT2D eigenvalue weighted by molar-refractivity contribution is 5.83. The van der Waals surface area contributed by atoms with Crippen molar-refractivity contribution in [2.45, 2.75) is 26.3 Å². The van der Waals surface area contributed by atoms with E-state index in [9.17, 15) is 9.59 Å². The Bertz CT molecular complexity index is 830. The SMILES string of the molecule is CCC(=O)N(CCCO)Cc1cc2cc3c(cc2[nH]c1=O)OCCO3. The van der Waals surface area contributed by atoms with Crippen LogP contribution in [0.3, 0.4) is 0 Å². The second kappa shape index (κ2) is 7.57. The van der Waals surface area contributed by atoms with E-state index in [1.54, 1.807) is 24.0 Å². The lowest BCUT2D eigenvalue weighted by Crippen LogP contribution is -2.33. The van der Waals surface area contributed by atoms with Crippen LogP contribution in [0, 0.1) is 0 Å². The molecule has 1 aliphatic rings. The fourth-order valence-electron chi connectivity index (χ4n) is 2.89. The van der Waals surface area contributed by atoms with Crippen LogP contribution in [0.4, 0.5) is 0 Å². The topological polar surface area (TPSA) is 91.9 Å². The molecule has 2 heterocycles. The number of rotatable bonds is 6. The summed E-state index contributed by atoms with van der Waals surface area (Å²) in [5.74, 6) is 1.22. The molecule has 134 valence electrons. The highest BCUT2D eigenvalue weighted by atomic mass is 16.6. The molecule has 0 spiro atoms. The Morgan fingerprint density at radius 2 is 1.96 bits per heavy atom. The van der Waals surface area contributed by atoms with Crippen molar-refractivity contribution in [3.8, 4) is 11.5 Å². The number of benzene rings is 1. The Morgan fingerprint density at radius 1 is 1.24 bits per heavy atom. The molecule has 0 radical (unpaired) electrons. The first-order valence-electron chi connectivity index (χ1n) is 8.46. The van der Waals surface area contributed by atoms with Gasteiger partial charge in [0.25, 0.3) is 5.56 Å². The number of hydrogen-bond donors (Lipinski definition) is 2. The van der Waals surface area contributed by atoms with Crippen LogP contribution >= 0.6 is 0 Å². The molecule has 1 amide bonds. The van der Waals surface area contributed by atoms with Crippen LogP contribution in [0.25, 0.3) is 10.9 Å². The second-order valence-electron chi connectivity index (χ2n) is 5.95. The molecule has 0 aliphatic carbocycles. The number of aromatic nitrogens is 1. The van der Waals surface area contributed by atoms with Crippen molar-refractivity contribution in [2.24, 2.45) is 0 Å². The van der Waals surface area contributed by atoms with Crippen LogP contribution in [0.1, 0.15) is 25.3 Å². The number of hydrogen-bond acceptors (Lipinski definition) is 5. The minimum absolute atomic E-state index is 0.00501. The number of ether oxygens (including phenoxy) is 2. The lowest BCUT2D eigenvalue weighted by atomic mass is 10.1. The maximum atomic E-state index is 12.4. The van der Waals surface area contributed by atoms with Crippen LogP contribution in [-0.2, 0) is 11.3 Å². The Balaban J connectivity index is 1.93. The number of nitrogens with zero attached hydrogens (tertiary/aromatic N) is 1. The molecule has 1 aromatic heterocycles. The van der Waals surface area contributed by atoms with Gasteiger partial charge in [0.05, 0.1) is 12.1 Å². The van der Waals surface area contributed by atoms with Gasteiger partial charge < -0.3 is 24.5 Å². The summed E-state index contributed by atoms with van der Waals surface area (Å²) >= 11 is 0. The van der Waals surface area contributed by atoms with Gasteiger partial charge in [0, 0.05) is 36.6 Å². The zero-order chi connectivity index (χ0) is 17.8. The number of fused-ring (bicyclic) bond motifs is 2. The monoisotopic (exact) mass is 346 g/mol. The number of carbonyl (C=O) groups is 1. The summed E-state index contributed by atoms with van der Waals surface area (Å²) in [7, 11) is 0. The lowest BCUT2D eigenvalue weighted by Gasteiger charge is -2.22. The van der Waals surface area contributed by atoms with Crippen LogP contribution in [0.15, 0.2) is 23.0 Å². The summed E-state index contributed by atoms with van der Waals surface area (Å²) < 4.78 is 11.1. The van der Waals surface area contributed by atoms with Gasteiger partial charge in [0.15, 0.2) is 11.5 Å². The molecule has 7 nitrogen and oxygen atoms in total. The van der Waals surface area contributed by atoms with Gasteiger partial charge in [-0.15, -0.1) is 0 Å². The van der Waals surface area contributed by atoms with E-state index in [2.05, 4.69) is 4.98 Å². The van der Waals surface area contributed by atoms with Gasteiger partial charge in [0.2, 0.25) is 5.91 Å². The zero-order valence-corrected chi connectivity index (χ0v) is 14.2. The first kappa shape index (κ1) is 17.3. The normalized spacial score (nSPS) is 13.0. The van der Waals surface area contributed by atoms with Crippen LogP contribution in [0.5, 0.6) is 11.5 Å². The van der Waals surface area contributed by atoms with E-state index in [-0.39, 0.29) is 24.6 Å². The maximum absolute atomic E-state index is 12.4. The summed E-state index contributed by atoms with van der Waals surface area (Å²) in [5.41, 5.74) is 0.938. The Kier molecular flexibility index (Phi) is 5.23. The van der Waals surface area contributed by atoms with Crippen molar-refractivity contribution in [1.29, 1.82) is 0 Å². The molecule has 0 saturated heterocycles. The van der Waals surface area contributed by atoms with E-state index in [4.69, 9.17) is 14.6 Å². The Labute approximate surface area is 145 Å². The molecule has 2 aromatic rings. The maximum Gasteiger partial charge on any atom is 0.253 e. The summed E-state index contributed by atoms with van der Waals surface area (Å²) in [6.45, 7) is 3.40. The van der Waals surface area contributed by atoms with Crippen molar-refractivity contribution < 1.29 is 19.4 Å². The van der Waals surface area contributed by atoms with E-state index in [0.717, 1.165) is 5.39 Å². The number of pyridine rings is 1. The lowest BCUT2D eigenvalue weighted by molar-refractivity contribution is -0.131. The third-order valence-corrected chi connectivity index (χ3v) is 4.19. The highest BCUT2D eigenvalue weighted by Gasteiger charge is 2.17. The van der Waals surface area contributed by atoms with Crippen molar-refractivity contribution in [3.63, 3.8) is 0 Å². The zero-order valence-electron chi connectivity index (χ0n) is 14.2. The Hall–Kier alpha value is -2.54. The minimum atomic E-state index is -0.234. The fraction of sp³-hybridized carbons (Fsp3) is 0.444. The molecular formula is C18H22N2O5. The average molecular weight is 346 g/mol. The number of H-pyrrole nitrogens is 1. The number of aliphatic hydroxyl groups is 1. The summed E-state index contributed by atoms with van der Waals surface area (Å²) in [5, 5.41) is 9.84. The average Bonchev–Trinajstić information content (AvgIpc) is 2.63. The molecule has 0 unspecified atom stereocenters. The second-order valence-corrected chi connectivity index (χ2v) is 5.95. The quantitative estimate of drug-likeness (QED) is 0.825. The predicted molar refractivity (Wildman–Crippen MR) is 93.0 cm³/mol. The van der Waals surface area contributed by atoms with Gasteiger partial charge >= 0.3 is 0 Å². The first-order valence-corrected chi connectivity index (χ1v) is 8.46. The van der Waals surface area contributed by atoms with E-state index >= 15 is 0 Å². The van der Waals surface area contributed by atoms with E-state index in [1.807, 2.05) is 6.07 Å². The van der Waals surface area contributed by atoms with Gasteiger partial charge in [-0.05, 0) is 18.6 Å². The van der Waals surface area contributed by atoms with Gasteiger partial charge in [-0.2, -0.15) is 0 Å². The molecule has 25 heavy (non-hydrogen) atoms. The van der Waals surface area contributed by atoms with E-state index < -0.39 is 0 Å². The molecule has 1 aliphatic heterocycles. The molecule has 0 bridgehead atoms. The minimum Gasteiger partial charge on any atom is -0.486 e. The van der Waals surface area contributed by atoms with E-state index in [0.29, 0.717) is 55.2 Å². The molecule has 3 rings (SSSR count). The van der Waals surface area contributed by atoms with Crippen LogP contribution in [-0.4, -0.2) is 47.3 Å².